The maximum Gasteiger partial charge on any atom is 0.336 e. The maximum absolute atomic E-state index is 12.2. The Morgan fingerprint density at radius 2 is 2.26 bits per heavy atom. The van der Waals surface area contributed by atoms with Gasteiger partial charge in [0, 0.05) is 16.0 Å². The Hall–Kier alpha value is -0.720. The molecule has 1 heterocycles. The highest BCUT2D eigenvalue weighted by atomic mass is 79.9. The molecule has 2 rings (SSSR count). The second-order valence-corrected chi connectivity index (χ2v) is 6.80. The Balaban J connectivity index is 2.10. The van der Waals surface area contributed by atoms with E-state index in [0.29, 0.717) is 15.1 Å². The summed E-state index contributed by atoms with van der Waals surface area (Å²) in [5, 5.41) is 9.04. The summed E-state index contributed by atoms with van der Waals surface area (Å²) in [6, 6.07) is 4.78. The fourth-order valence-corrected chi connectivity index (χ4v) is 3.69. The molecule has 1 N–H and O–H groups in total. The first-order valence-corrected chi connectivity index (χ1v) is 8.22. The van der Waals surface area contributed by atoms with Crippen molar-refractivity contribution in [1.29, 1.82) is 0 Å². The summed E-state index contributed by atoms with van der Waals surface area (Å²) in [5.74, 6) is -0.597. The average molecular weight is 347 g/mol. The first kappa shape index (κ1) is 14.7. The molecule has 0 aromatic heterocycles. The zero-order valence-electron chi connectivity index (χ0n) is 10.3. The fourth-order valence-electron chi connectivity index (χ4n) is 2.01. The van der Waals surface area contributed by atoms with Crippen molar-refractivity contribution in [2.75, 3.05) is 12.4 Å². The lowest BCUT2D eigenvalue weighted by molar-refractivity contribution is 0.0310. The molecular formula is C13H15BrO4S. The zero-order valence-corrected chi connectivity index (χ0v) is 12.7. The summed E-state index contributed by atoms with van der Waals surface area (Å²) in [7, 11) is -1.23. The lowest BCUT2D eigenvalue weighted by Crippen LogP contribution is -2.25. The average Bonchev–Trinajstić information content (AvgIpc) is 2.40. The van der Waals surface area contributed by atoms with Crippen LogP contribution >= 0.6 is 15.9 Å². The van der Waals surface area contributed by atoms with Crippen LogP contribution in [0.5, 0.6) is 0 Å². The van der Waals surface area contributed by atoms with Crippen molar-refractivity contribution in [1.82, 2.24) is 0 Å². The number of aromatic carboxylic acids is 1. The normalized spacial score (nSPS) is 21.0. The smallest absolute Gasteiger partial charge is 0.336 e. The van der Waals surface area contributed by atoms with Crippen molar-refractivity contribution < 1.29 is 18.8 Å². The van der Waals surface area contributed by atoms with Crippen LogP contribution in [0.15, 0.2) is 27.6 Å². The largest absolute Gasteiger partial charge is 0.478 e. The molecule has 1 aromatic carbocycles. The number of ether oxygens (including phenoxy) is 1. The Morgan fingerprint density at radius 1 is 1.47 bits per heavy atom. The van der Waals surface area contributed by atoms with E-state index in [0.717, 1.165) is 25.9 Å². The minimum absolute atomic E-state index is 0.0199. The van der Waals surface area contributed by atoms with Gasteiger partial charge in [0.15, 0.2) is 0 Å². The van der Waals surface area contributed by atoms with Gasteiger partial charge in [-0.3, -0.25) is 4.21 Å². The Morgan fingerprint density at radius 3 is 2.89 bits per heavy atom. The molecular weight excluding hydrogens is 332 g/mol. The number of carboxylic acids is 1. The summed E-state index contributed by atoms with van der Waals surface area (Å²) in [6.07, 6.45) is 3.10. The Bertz CT molecular complexity index is 497. The van der Waals surface area contributed by atoms with Crippen LogP contribution in [0.25, 0.3) is 0 Å². The molecule has 4 nitrogen and oxygen atoms in total. The zero-order chi connectivity index (χ0) is 13.8. The highest BCUT2D eigenvalue weighted by molar-refractivity contribution is 9.10. The molecule has 0 saturated carbocycles. The third-order valence-electron chi connectivity index (χ3n) is 3.04. The van der Waals surface area contributed by atoms with E-state index >= 15 is 0 Å². The molecule has 1 aliphatic rings. The van der Waals surface area contributed by atoms with Gasteiger partial charge in [-0.25, -0.2) is 4.79 Å². The van der Waals surface area contributed by atoms with Crippen LogP contribution in [0, 0.1) is 0 Å². The molecule has 1 saturated heterocycles. The second kappa shape index (κ2) is 6.63. The van der Waals surface area contributed by atoms with Crippen molar-refractivity contribution in [3.63, 3.8) is 0 Å². The maximum atomic E-state index is 12.2. The van der Waals surface area contributed by atoms with Gasteiger partial charge in [-0.2, -0.15) is 0 Å². The van der Waals surface area contributed by atoms with Gasteiger partial charge in [-0.1, -0.05) is 0 Å². The summed E-state index contributed by atoms with van der Waals surface area (Å²) < 4.78 is 18.3. The van der Waals surface area contributed by atoms with Crippen LogP contribution in [-0.2, 0) is 15.5 Å². The summed E-state index contributed by atoms with van der Waals surface area (Å²) in [5.41, 5.74) is 0.135. The number of carboxylic acid groups (broad SMARTS) is 1. The van der Waals surface area contributed by atoms with E-state index in [9.17, 15) is 9.00 Å². The monoisotopic (exact) mass is 346 g/mol. The van der Waals surface area contributed by atoms with Crippen molar-refractivity contribution in [2.45, 2.75) is 30.3 Å². The van der Waals surface area contributed by atoms with Crippen LogP contribution in [0.4, 0.5) is 0 Å². The van der Waals surface area contributed by atoms with Crippen LogP contribution in [0.3, 0.4) is 0 Å². The van der Waals surface area contributed by atoms with Gasteiger partial charge in [0.05, 0.1) is 28.2 Å². The van der Waals surface area contributed by atoms with Crippen LogP contribution in [-0.4, -0.2) is 33.7 Å². The van der Waals surface area contributed by atoms with E-state index in [-0.39, 0.29) is 11.7 Å². The van der Waals surface area contributed by atoms with E-state index in [4.69, 9.17) is 9.84 Å². The summed E-state index contributed by atoms with van der Waals surface area (Å²) in [4.78, 5) is 11.6. The van der Waals surface area contributed by atoms with Crippen LogP contribution in [0.1, 0.15) is 29.6 Å². The van der Waals surface area contributed by atoms with Crippen molar-refractivity contribution in [3.8, 4) is 0 Å². The molecule has 1 fully saturated rings. The molecule has 2 unspecified atom stereocenters. The van der Waals surface area contributed by atoms with E-state index in [2.05, 4.69) is 15.9 Å². The van der Waals surface area contributed by atoms with Crippen molar-refractivity contribution >= 4 is 32.7 Å². The van der Waals surface area contributed by atoms with E-state index in [1.807, 2.05) is 0 Å². The second-order valence-electron chi connectivity index (χ2n) is 4.45. The first-order chi connectivity index (χ1) is 9.08. The van der Waals surface area contributed by atoms with Gasteiger partial charge in [-0.15, -0.1) is 0 Å². The lowest BCUT2D eigenvalue weighted by atomic mass is 10.1. The first-order valence-electron chi connectivity index (χ1n) is 6.11. The number of hydrogen-bond donors (Lipinski definition) is 1. The molecule has 2 atom stereocenters. The number of halogens is 1. The number of benzene rings is 1. The third kappa shape index (κ3) is 3.87. The van der Waals surface area contributed by atoms with Gasteiger partial charge in [0.1, 0.15) is 0 Å². The Kier molecular flexibility index (Phi) is 5.13. The highest BCUT2D eigenvalue weighted by Gasteiger charge is 2.19. The van der Waals surface area contributed by atoms with Gasteiger partial charge in [0.25, 0.3) is 0 Å². The minimum Gasteiger partial charge on any atom is -0.478 e. The molecule has 0 bridgehead atoms. The predicted octanol–water partition coefficient (Wildman–Crippen LogP) is 2.82. The van der Waals surface area contributed by atoms with E-state index in [1.54, 1.807) is 12.1 Å². The molecule has 6 heteroatoms. The molecule has 0 amide bonds. The molecule has 1 aliphatic heterocycles. The molecule has 19 heavy (non-hydrogen) atoms. The molecule has 1 aromatic rings. The Labute approximate surface area is 122 Å². The van der Waals surface area contributed by atoms with E-state index < -0.39 is 16.8 Å². The minimum atomic E-state index is -1.23. The van der Waals surface area contributed by atoms with E-state index in [1.165, 1.54) is 6.07 Å². The predicted molar refractivity (Wildman–Crippen MR) is 76.0 cm³/mol. The molecule has 0 radical (unpaired) electrons. The molecule has 0 spiro atoms. The number of hydrogen-bond acceptors (Lipinski definition) is 3. The summed E-state index contributed by atoms with van der Waals surface area (Å²) in [6.45, 7) is 0.725. The fraction of sp³-hybridized carbons (Fsp3) is 0.462. The summed E-state index contributed by atoms with van der Waals surface area (Å²) >= 11 is 3.17. The molecule has 104 valence electrons. The van der Waals surface area contributed by atoms with Gasteiger partial charge >= 0.3 is 5.97 Å². The SMILES string of the molecule is O=C(O)c1cc(S(=O)CC2CCCCO2)ccc1Br. The van der Waals surface area contributed by atoms with Gasteiger partial charge < -0.3 is 9.84 Å². The topological polar surface area (TPSA) is 63.6 Å². The third-order valence-corrected chi connectivity index (χ3v) is 5.19. The number of carbonyl (C=O) groups is 1. The number of rotatable bonds is 4. The lowest BCUT2D eigenvalue weighted by Gasteiger charge is -2.22. The quantitative estimate of drug-likeness (QED) is 0.910. The van der Waals surface area contributed by atoms with Crippen LogP contribution in [0.2, 0.25) is 0 Å². The van der Waals surface area contributed by atoms with Crippen molar-refractivity contribution in [3.05, 3.63) is 28.2 Å². The standard InChI is InChI=1S/C13H15BrO4S/c14-12-5-4-10(7-11(12)13(15)16)19(17)8-9-3-1-2-6-18-9/h4-5,7,9H,1-3,6,8H2,(H,15,16). The van der Waals surface area contributed by atoms with Crippen molar-refractivity contribution in [2.24, 2.45) is 0 Å². The van der Waals surface area contributed by atoms with Gasteiger partial charge in [-0.05, 0) is 53.4 Å². The van der Waals surface area contributed by atoms with Crippen LogP contribution < -0.4 is 0 Å². The molecule has 0 aliphatic carbocycles. The van der Waals surface area contributed by atoms with Gasteiger partial charge in [0.2, 0.25) is 0 Å². The highest BCUT2D eigenvalue weighted by Crippen LogP contribution is 2.22.